The van der Waals surface area contributed by atoms with Crippen LogP contribution in [-0.2, 0) is 6.42 Å². The Morgan fingerprint density at radius 1 is 1.43 bits per heavy atom. The van der Waals surface area contributed by atoms with Crippen LogP contribution in [-0.4, -0.2) is 6.04 Å². The van der Waals surface area contributed by atoms with E-state index in [4.69, 9.17) is 0 Å². The van der Waals surface area contributed by atoms with Gasteiger partial charge in [-0.15, -0.1) is 0 Å². The van der Waals surface area contributed by atoms with Gasteiger partial charge in [0.05, 0.1) is 0 Å². The van der Waals surface area contributed by atoms with Crippen molar-refractivity contribution in [1.29, 1.82) is 0 Å². The fourth-order valence-electron chi connectivity index (χ4n) is 1.92. The lowest BCUT2D eigenvalue weighted by Gasteiger charge is -2.39. The molecule has 0 amide bonds. The molecule has 1 aliphatic rings. The zero-order valence-corrected chi connectivity index (χ0v) is 10.5. The summed E-state index contributed by atoms with van der Waals surface area (Å²) in [5, 5.41) is 3.56. The van der Waals surface area contributed by atoms with Crippen molar-refractivity contribution in [3.63, 3.8) is 0 Å². The number of halogens is 1. The maximum absolute atomic E-state index is 3.56. The highest BCUT2D eigenvalue weighted by atomic mass is 79.9. The first kappa shape index (κ1) is 10.0. The standard InChI is InChI=1S/C12H16BrN/c1-8-12(2,3)7-9-6-10(13)4-5-11(9)14-8/h4-6,8,14H,7H2,1-3H3. The van der Waals surface area contributed by atoms with Crippen molar-refractivity contribution < 1.29 is 0 Å². The van der Waals surface area contributed by atoms with E-state index in [2.05, 4.69) is 60.2 Å². The predicted molar refractivity (Wildman–Crippen MR) is 64.7 cm³/mol. The van der Waals surface area contributed by atoms with E-state index in [0.29, 0.717) is 11.5 Å². The Bertz CT molecular complexity index is 357. The van der Waals surface area contributed by atoms with Crippen LogP contribution in [0.2, 0.25) is 0 Å². The Labute approximate surface area is 94.0 Å². The van der Waals surface area contributed by atoms with E-state index in [9.17, 15) is 0 Å². The zero-order chi connectivity index (χ0) is 10.3. The molecule has 0 radical (unpaired) electrons. The minimum atomic E-state index is 0.341. The normalized spacial score (nSPS) is 23.9. The number of nitrogens with one attached hydrogen (secondary N) is 1. The zero-order valence-electron chi connectivity index (χ0n) is 8.89. The van der Waals surface area contributed by atoms with E-state index in [1.165, 1.54) is 15.7 Å². The Balaban J connectivity index is 2.41. The van der Waals surface area contributed by atoms with E-state index < -0.39 is 0 Å². The SMILES string of the molecule is CC1Nc2ccc(Br)cc2CC1(C)C. The Morgan fingerprint density at radius 3 is 2.86 bits per heavy atom. The highest BCUT2D eigenvalue weighted by Gasteiger charge is 2.31. The molecular weight excluding hydrogens is 238 g/mol. The molecule has 76 valence electrons. The summed E-state index contributed by atoms with van der Waals surface area (Å²) >= 11 is 3.52. The molecule has 1 aromatic carbocycles. The highest BCUT2D eigenvalue weighted by molar-refractivity contribution is 9.10. The van der Waals surface area contributed by atoms with E-state index in [-0.39, 0.29) is 0 Å². The van der Waals surface area contributed by atoms with Crippen LogP contribution in [0.3, 0.4) is 0 Å². The summed E-state index contributed by atoms with van der Waals surface area (Å²) in [6.07, 6.45) is 1.15. The molecule has 1 heterocycles. The quantitative estimate of drug-likeness (QED) is 0.741. The number of anilines is 1. The first-order valence-corrected chi connectivity index (χ1v) is 5.83. The molecule has 2 heteroatoms. The van der Waals surface area contributed by atoms with Gasteiger partial charge in [-0.3, -0.25) is 0 Å². The van der Waals surface area contributed by atoms with Crippen LogP contribution >= 0.6 is 15.9 Å². The molecule has 1 aromatic rings. The minimum absolute atomic E-state index is 0.341. The Hall–Kier alpha value is -0.500. The van der Waals surface area contributed by atoms with Crippen LogP contribution in [0, 0.1) is 5.41 Å². The predicted octanol–water partition coefficient (Wildman–Crippen LogP) is 3.83. The maximum Gasteiger partial charge on any atom is 0.0375 e. The van der Waals surface area contributed by atoms with Gasteiger partial charge in [-0.2, -0.15) is 0 Å². The van der Waals surface area contributed by atoms with Crippen molar-refractivity contribution in [3.05, 3.63) is 28.2 Å². The van der Waals surface area contributed by atoms with Crippen molar-refractivity contribution >= 4 is 21.6 Å². The summed E-state index contributed by atoms with van der Waals surface area (Å²) < 4.78 is 1.17. The van der Waals surface area contributed by atoms with E-state index in [1.54, 1.807) is 0 Å². The largest absolute Gasteiger partial charge is 0.382 e. The number of hydrogen-bond donors (Lipinski definition) is 1. The number of rotatable bonds is 0. The second-order valence-electron chi connectivity index (χ2n) is 4.83. The van der Waals surface area contributed by atoms with Gasteiger partial charge in [0.2, 0.25) is 0 Å². The summed E-state index contributed by atoms with van der Waals surface area (Å²) in [7, 11) is 0. The number of fused-ring (bicyclic) bond motifs is 1. The summed E-state index contributed by atoms with van der Waals surface area (Å²) in [5.41, 5.74) is 3.05. The Morgan fingerprint density at radius 2 is 2.14 bits per heavy atom. The van der Waals surface area contributed by atoms with Gasteiger partial charge in [-0.25, -0.2) is 0 Å². The number of benzene rings is 1. The van der Waals surface area contributed by atoms with Crippen LogP contribution in [0.1, 0.15) is 26.3 Å². The van der Waals surface area contributed by atoms with Gasteiger partial charge >= 0.3 is 0 Å². The van der Waals surface area contributed by atoms with Gasteiger partial charge in [0.25, 0.3) is 0 Å². The molecule has 1 N–H and O–H groups in total. The van der Waals surface area contributed by atoms with Gasteiger partial charge in [-0.1, -0.05) is 29.8 Å². The fraction of sp³-hybridized carbons (Fsp3) is 0.500. The molecule has 0 spiro atoms. The van der Waals surface area contributed by atoms with E-state index >= 15 is 0 Å². The van der Waals surface area contributed by atoms with Gasteiger partial charge in [0.15, 0.2) is 0 Å². The molecule has 0 aliphatic carbocycles. The summed E-state index contributed by atoms with van der Waals surface area (Å²) in [5.74, 6) is 0. The molecular formula is C12H16BrN. The molecule has 0 saturated heterocycles. The third-order valence-corrected chi connectivity index (χ3v) is 3.75. The first-order chi connectivity index (χ1) is 6.49. The van der Waals surface area contributed by atoms with E-state index in [1.807, 2.05) is 0 Å². The molecule has 0 saturated carbocycles. The molecule has 1 aliphatic heterocycles. The molecule has 0 aromatic heterocycles. The third-order valence-electron chi connectivity index (χ3n) is 3.26. The van der Waals surface area contributed by atoms with Gasteiger partial charge < -0.3 is 5.32 Å². The lowest BCUT2D eigenvalue weighted by Crippen LogP contribution is -2.39. The summed E-state index contributed by atoms with van der Waals surface area (Å²) in [6, 6.07) is 7.01. The summed E-state index contributed by atoms with van der Waals surface area (Å²) in [4.78, 5) is 0. The molecule has 0 bridgehead atoms. The average molecular weight is 254 g/mol. The molecule has 0 fully saturated rings. The third kappa shape index (κ3) is 1.68. The Kier molecular flexibility index (Phi) is 2.34. The number of hydrogen-bond acceptors (Lipinski definition) is 1. The van der Waals surface area contributed by atoms with Gasteiger partial charge in [0, 0.05) is 16.2 Å². The van der Waals surface area contributed by atoms with Crippen molar-refractivity contribution in [2.45, 2.75) is 33.2 Å². The van der Waals surface area contributed by atoms with Crippen LogP contribution in [0.25, 0.3) is 0 Å². The monoisotopic (exact) mass is 253 g/mol. The smallest absolute Gasteiger partial charge is 0.0375 e. The molecule has 14 heavy (non-hydrogen) atoms. The van der Waals surface area contributed by atoms with Gasteiger partial charge in [0.1, 0.15) is 0 Å². The topological polar surface area (TPSA) is 12.0 Å². The van der Waals surface area contributed by atoms with Crippen molar-refractivity contribution in [2.24, 2.45) is 5.41 Å². The molecule has 1 atom stereocenters. The van der Waals surface area contributed by atoms with Crippen LogP contribution < -0.4 is 5.32 Å². The summed E-state index contributed by atoms with van der Waals surface area (Å²) in [6.45, 7) is 6.88. The maximum atomic E-state index is 3.56. The van der Waals surface area contributed by atoms with Crippen LogP contribution in [0.5, 0.6) is 0 Å². The first-order valence-electron chi connectivity index (χ1n) is 5.04. The fourth-order valence-corrected chi connectivity index (χ4v) is 2.33. The second-order valence-corrected chi connectivity index (χ2v) is 5.75. The van der Waals surface area contributed by atoms with Crippen molar-refractivity contribution in [1.82, 2.24) is 0 Å². The average Bonchev–Trinajstić information content (AvgIpc) is 2.07. The van der Waals surface area contributed by atoms with E-state index in [0.717, 1.165) is 6.42 Å². The second kappa shape index (κ2) is 3.27. The molecule has 1 nitrogen and oxygen atoms in total. The van der Waals surface area contributed by atoms with Crippen molar-refractivity contribution in [3.8, 4) is 0 Å². The molecule has 1 unspecified atom stereocenters. The van der Waals surface area contributed by atoms with Crippen LogP contribution in [0.15, 0.2) is 22.7 Å². The van der Waals surface area contributed by atoms with Gasteiger partial charge in [-0.05, 0) is 42.5 Å². The minimum Gasteiger partial charge on any atom is -0.382 e. The highest BCUT2D eigenvalue weighted by Crippen LogP contribution is 2.37. The molecule has 2 rings (SSSR count). The lowest BCUT2D eigenvalue weighted by molar-refractivity contribution is 0.306. The lowest BCUT2D eigenvalue weighted by atomic mass is 9.76. The van der Waals surface area contributed by atoms with Crippen molar-refractivity contribution in [2.75, 3.05) is 5.32 Å². The van der Waals surface area contributed by atoms with Crippen LogP contribution in [0.4, 0.5) is 5.69 Å².